The lowest BCUT2D eigenvalue weighted by atomic mass is 9.83. The van der Waals surface area contributed by atoms with E-state index in [1.54, 1.807) is 19.3 Å². The lowest BCUT2D eigenvalue weighted by molar-refractivity contribution is -0.114. The van der Waals surface area contributed by atoms with Crippen molar-refractivity contribution in [2.45, 2.75) is 12.5 Å². The van der Waals surface area contributed by atoms with Crippen molar-refractivity contribution in [1.82, 2.24) is 5.73 Å². The molecule has 1 aromatic rings. The summed E-state index contributed by atoms with van der Waals surface area (Å²) >= 11 is 0. The van der Waals surface area contributed by atoms with Crippen molar-refractivity contribution in [2.75, 3.05) is 7.11 Å². The number of carbonyl (C=O) groups is 1. The molecule has 0 aliphatic heterocycles. The van der Waals surface area contributed by atoms with Crippen LogP contribution in [0, 0.1) is 0 Å². The van der Waals surface area contributed by atoms with Gasteiger partial charge in [0.15, 0.2) is 0 Å². The normalized spacial score (nSPS) is 20.0. The van der Waals surface area contributed by atoms with Crippen LogP contribution in [0.5, 0.6) is 0 Å². The molecular formula is C18H16NO2. The number of carbonyl (C=O) groups excluding carboxylic acids is 1. The van der Waals surface area contributed by atoms with Gasteiger partial charge in [0.25, 0.3) is 5.91 Å². The molecule has 0 saturated heterocycles. The van der Waals surface area contributed by atoms with Crippen molar-refractivity contribution in [2.24, 2.45) is 0 Å². The molecule has 1 aromatic carbocycles. The summed E-state index contributed by atoms with van der Waals surface area (Å²) in [5.41, 5.74) is 12.6. The van der Waals surface area contributed by atoms with Crippen LogP contribution in [0.15, 0.2) is 54.2 Å². The van der Waals surface area contributed by atoms with Crippen molar-refractivity contribution < 1.29 is 9.53 Å². The first kappa shape index (κ1) is 13.6. The van der Waals surface area contributed by atoms with Gasteiger partial charge in [-0.25, -0.2) is 0 Å². The third-order valence-corrected chi connectivity index (χ3v) is 3.96. The fourth-order valence-corrected chi connectivity index (χ4v) is 2.94. The van der Waals surface area contributed by atoms with Crippen LogP contribution in [0.2, 0.25) is 0 Å². The van der Waals surface area contributed by atoms with E-state index >= 15 is 0 Å². The quantitative estimate of drug-likeness (QED) is 0.853. The highest BCUT2D eigenvalue weighted by Gasteiger charge is 2.26. The molecule has 3 rings (SSSR count). The zero-order valence-corrected chi connectivity index (χ0v) is 11.8. The minimum atomic E-state index is -0.698. The molecule has 1 N–H and O–H groups in total. The van der Waals surface area contributed by atoms with Gasteiger partial charge in [-0.2, -0.15) is 0 Å². The number of hydrogen-bond acceptors (Lipinski definition) is 2. The first-order valence-corrected chi connectivity index (χ1v) is 6.82. The van der Waals surface area contributed by atoms with Crippen molar-refractivity contribution >= 4 is 17.6 Å². The molecule has 3 heteroatoms. The number of rotatable bonds is 3. The summed E-state index contributed by atoms with van der Waals surface area (Å²) in [6.45, 7) is 4.09. The lowest BCUT2D eigenvalue weighted by Gasteiger charge is -2.24. The average molecular weight is 278 g/mol. The van der Waals surface area contributed by atoms with E-state index in [1.165, 1.54) is 5.56 Å². The van der Waals surface area contributed by atoms with E-state index < -0.39 is 5.91 Å². The Bertz CT molecular complexity index is 723. The van der Waals surface area contributed by atoms with E-state index in [1.807, 2.05) is 12.1 Å². The molecule has 1 unspecified atom stereocenters. The van der Waals surface area contributed by atoms with Crippen molar-refractivity contribution in [3.63, 3.8) is 0 Å². The van der Waals surface area contributed by atoms with E-state index in [2.05, 4.69) is 24.8 Å². The lowest BCUT2D eigenvalue weighted by Crippen LogP contribution is -2.19. The predicted molar refractivity (Wildman–Crippen MR) is 83.3 cm³/mol. The maximum Gasteiger partial charge on any atom is 0.270 e. The van der Waals surface area contributed by atoms with Crippen LogP contribution in [0.25, 0.3) is 11.6 Å². The van der Waals surface area contributed by atoms with E-state index in [4.69, 9.17) is 10.5 Å². The monoisotopic (exact) mass is 278 g/mol. The first-order chi connectivity index (χ1) is 10.1. The van der Waals surface area contributed by atoms with Crippen LogP contribution < -0.4 is 5.73 Å². The minimum absolute atomic E-state index is 0.260. The summed E-state index contributed by atoms with van der Waals surface area (Å²) in [5, 5.41) is 0. The number of benzene rings is 1. The number of allylic oxidation sites excluding steroid dienone is 1. The maximum absolute atomic E-state index is 11.7. The third kappa shape index (κ3) is 2.16. The molecule has 2 aliphatic carbocycles. The first-order valence-electron chi connectivity index (χ1n) is 6.82. The number of nitrogens with one attached hydrogen (secondary N) is 1. The fourth-order valence-electron chi connectivity index (χ4n) is 2.94. The fraction of sp³-hybridized carbons (Fsp3) is 0.167. The standard InChI is InChI=1S/C18H16NO2/c1-11-16(21-2)10-9-15(18(19)20)17(11)14-8-4-6-12-5-3-7-13(12)14/h3-4,6-10,16,19H,1,5H2,2H3. The molecular weight excluding hydrogens is 262 g/mol. The second-order valence-electron chi connectivity index (χ2n) is 5.14. The molecule has 0 bridgehead atoms. The number of methoxy groups -OCH3 is 1. The molecule has 0 saturated carbocycles. The van der Waals surface area contributed by atoms with Crippen LogP contribution in [0.3, 0.4) is 0 Å². The Balaban J connectivity index is 2.24. The van der Waals surface area contributed by atoms with Gasteiger partial charge in [-0.05, 0) is 34.8 Å². The highest BCUT2D eigenvalue weighted by atomic mass is 16.5. The van der Waals surface area contributed by atoms with Gasteiger partial charge in [0.2, 0.25) is 0 Å². The zero-order chi connectivity index (χ0) is 15.0. The molecule has 105 valence electrons. The molecule has 1 amide bonds. The van der Waals surface area contributed by atoms with Crippen LogP contribution in [-0.4, -0.2) is 19.1 Å². The van der Waals surface area contributed by atoms with Gasteiger partial charge in [0, 0.05) is 18.3 Å². The van der Waals surface area contributed by atoms with E-state index in [0.717, 1.165) is 28.7 Å². The van der Waals surface area contributed by atoms with Crippen LogP contribution >= 0.6 is 0 Å². The van der Waals surface area contributed by atoms with Crippen molar-refractivity contribution in [3.05, 3.63) is 70.8 Å². The summed E-state index contributed by atoms with van der Waals surface area (Å²) < 4.78 is 5.39. The summed E-state index contributed by atoms with van der Waals surface area (Å²) in [4.78, 5) is 11.7. The Morgan fingerprint density at radius 3 is 2.90 bits per heavy atom. The number of fused-ring (bicyclic) bond motifs is 1. The maximum atomic E-state index is 11.7. The second-order valence-corrected chi connectivity index (χ2v) is 5.14. The Morgan fingerprint density at radius 1 is 1.38 bits per heavy atom. The van der Waals surface area contributed by atoms with Gasteiger partial charge in [0.05, 0.1) is 0 Å². The van der Waals surface area contributed by atoms with Crippen molar-refractivity contribution in [3.8, 4) is 0 Å². The largest absolute Gasteiger partial charge is 0.373 e. The minimum Gasteiger partial charge on any atom is -0.373 e. The molecule has 0 aromatic heterocycles. The molecule has 21 heavy (non-hydrogen) atoms. The van der Waals surface area contributed by atoms with E-state index in [9.17, 15) is 4.79 Å². The van der Waals surface area contributed by atoms with E-state index in [-0.39, 0.29) is 6.10 Å². The number of hydrogen-bond donors (Lipinski definition) is 0. The van der Waals surface area contributed by atoms with Gasteiger partial charge in [-0.3, -0.25) is 10.5 Å². The van der Waals surface area contributed by atoms with Crippen molar-refractivity contribution in [1.29, 1.82) is 0 Å². The van der Waals surface area contributed by atoms with Crippen LogP contribution in [0.4, 0.5) is 0 Å². The number of amides is 1. The summed E-state index contributed by atoms with van der Waals surface area (Å²) in [6, 6.07) is 6.04. The van der Waals surface area contributed by atoms with Gasteiger partial charge in [0.1, 0.15) is 6.10 Å². The van der Waals surface area contributed by atoms with Crippen LogP contribution in [-0.2, 0) is 16.0 Å². The highest BCUT2D eigenvalue weighted by molar-refractivity contribution is 6.07. The van der Waals surface area contributed by atoms with Gasteiger partial charge in [-0.1, -0.05) is 43.0 Å². The smallest absolute Gasteiger partial charge is 0.270 e. The third-order valence-electron chi connectivity index (χ3n) is 3.96. The summed E-state index contributed by atoms with van der Waals surface area (Å²) in [5.74, 6) is -0.698. The van der Waals surface area contributed by atoms with E-state index in [0.29, 0.717) is 5.57 Å². The van der Waals surface area contributed by atoms with Gasteiger partial charge < -0.3 is 4.74 Å². The van der Waals surface area contributed by atoms with Gasteiger partial charge in [-0.15, -0.1) is 0 Å². The molecule has 0 heterocycles. The highest BCUT2D eigenvalue weighted by Crippen LogP contribution is 2.38. The molecule has 0 spiro atoms. The second kappa shape index (κ2) is 5.19. The molecule has 1 radical (unpaired) electrons. The summed E-state index contributed by atoms with van der Waals surface area (Å²) in [6.07, 6.45) is 8.25. The average Bonchev–Trinajstić information content (AvgIpc) is 2.95. The zero-order valence-electron chi connectivity index (χ0n) is 11.8. The topological polar surface area (TPSA) is 50.1 Å². The van der Waals surface area contributed by atoms with Gasteiger partial charge >= 0.3 is 0 Å². The predicted octanol–water partition coefficient (Wildman–Crippen LogP) is 2.96. The van der Waals surface area contributed by atoms with Crippen LogP contribution in [0.1, 0.15) is 16.7 Å². The molecule has 3 nitrogen and oxygen atoms in total. The molecule has 1 atom stereocenters. The summed E-state index contributed by atoms with van der Waals surface area (Å²) in [7, 11) is 1.61. The Kier molecular flexibility index (Phi) is 3.35. The SMILES string of the molecule is C=C1C(c2cccc3c2C=CC3)=C(C([NH])=O)C=CC1OC. The Morgan fingerprint density at radius 2 is 2.19 bits per heavy atom. The number of ether oxygens (including phenoxy) is 1. The Hall–Kier alpha value is -2.39. The Labute approximate surface area is 124 Å². The molecule has 0 fully saturated rings. The molecule has 2 aliphatic rings.